The average molecular weight is 462 g/mol. The molecule has 0 aliphatic carbocycles. The van der Waals surface area contributed by atoms with Gasteiger partial charge in [-0.15, -0.1) is 0 Å². The Bertz CT molecular complexity index is 1240. The molecule has 2 heterocycles. The minimum Gasteiger partial charge on any atom is -0.490 e. The van der Waals surface area contributed by atoms with Crippen molar-refractivity contribution in [3.8, 4) is 23.4 Å². The fourth-order valence-corrected chi connectivity index (χ4v) is 2.99. The number of anilines is 1. The summed E-state index contributed by atoms with van der Waals surface area (Å²) in [7, 11) is 1.56. The normalized spacial score (nSPS) is 10.6. The monoisotopic (exact) mass is 462 g/mol. The van der Waals surface area contributed by atoms with Crippen molar-refractivity contribution >= 4 is 17.7 Å². The van der Waals surface area contributed by atoms with E-state index in [-0.39, 0.29) is 18.2 Å². The van der Waals surface area contributed by atoms with Gasteiger partial charge in [0.1, 0.15) is 17.8 Å². The Morgan fingerprint density at radius 2 is 2.09 bits per heavy atom. The van der Waals surface area contributed by atoms with E-state index < -0.39 is 4.92 Å². The van der Waals surface area contributed by atoms with E-state index in [4.69, 9.17) is 14.2 Å². The number of benzene rings is 1. The van der Waals surface area contributed by atoms with Gasteiger partial charge in [0.05, 0.1) is 24.4 Å². The van der Waals surface area contributed by atoms with Crippen molar-refractivity contribution in [2.24, 2.45) is 5.10 Å². The summed E-state index contributed by atoms with van der Waals surface area (Å²) in [4.78, 5) is 18.5. The van der Waals surface area contributed by atoms with Crippen LogP contribution in [0.2, 0.25) is 0 Å². The molecule has 3 rings (SSSR count). The van der Waals surface area contributed by atoms with Gasteiger partial charge < -0.3 is 14.2 Å². The molecule has 1 N–H and O–H groups in total. The van der Waals surface area contributed by atoms with E-state index >= 15 is 0 Å². The first-order valence-corrected chi connectivity index (χ1v) is 10.2. The van der Waals surface area contributed by atoms with Gasteiger partial charge in [-0.3, -0.25) is 15.5 Å². The smallest absolute Gasteiger partial charge is 0.287 e. The van der Waals surface area contributed by atoms with Crippen molar-refractivity contribution in [1.82, 2.24) is 9.97 Å². The topological polar surface area (TPSA) is 145 Å². The van der Waals surface area contributed by atoms with Crippen LogP contribution >= 0.6 is 0 Å². The molecule has 0 aliphatic rings. The summed E-state index contributed by atoms with van der Waals surface area (Å²) >= 11 is 0. The number of nitrogens with one attached hydrogen (secondary N) is 1. The molecule has 0 saturated carbocycles. The molecule has 0 spiro atoms. The highest BCUT2D eigenvalue weighted by Crippen LogP contribution is 2.32. The molecule has 0 saturated heterocycles. The van der Waals surface area contributed by atoms with E-state index in [9.17, 15) is 15.4 Å². The van der Waals surface area contributed by atoms with Gasteiger partial charge in [0.15, 0.2) is 17.3 Å². The lowest BCUT2D eigenvalue weighted by Crippen LogP contribution is -2.03. The van der Waals surface area contributed by atoms with Crippen LogP contribution in [0.1, 0.15) is 29.3 Å². The number of nitriles is 1. The third kappa shape index (κ3) is 6.02. The molecule has 0 fully saturated rings. The molecule has 1 aromatic carbocycles. The van der Waals surface area contributed by atoms with Crippen LogP contribution in [0.4, 0.5) is 11.5 Å². The standard InChI is InChI=1S/C23H22N6O5/c1-4-33-21-10-16(5-7-20(21)34-22-8-6-18(13-25-22)29(30)31)12-26-28-23-19(11-24)17(14-32-3)9-15(2)27-23/h5-10,12-13H,4,14H2,1-3H3,(H,27,28)/b26-12+. The lowest BCUT2D eigenvalue weighted by atomic mass is 10.1. The SMILES string of the molecule is CCOc1cc(/C=N/Nc2nc(C)cc(COC)c2C#N)ccc1Oc1ccc([N+](=O)[O-])cn1. The first-order valence-electron chi connectivity index (χ1n) is 10.2. The zero-order valence-corrected chi connectivity index (χ0v) is 18.8. The third-order valence-electron chi connectivity index (χ3n) is 4.44. The van der Waals surface area contributed by atoms with Gasteiger partial charge in [0, 0.05) is 30.5 Å². The van der Waals surface area contributed by atoms with Crippen LogP contribution in [0.3, 0.4) is 0 Å². The molecule has 2 aromatic heterocycles. The van der Waals surface area contributed by atoms with E-state index in [1.54, 1.807) is 37.6 Å². The van der Waals surface area contributed by atoms with E-state index in [2.05, 4.69) is 26.6 Å². The minimum absolute atomic E-state index is 0.131. The lowest BCUT2D eigenvalue weighted by molar-refractivity contribution is -0.385. The van der Waals surface area contributed by atoms with Crippen molar-refractivity contribution in [3.05, 3.63) is 75.1 Å². The van der Waals surface area contributed by atoms with Crippen molar-refractivity contribution in [1.29, 1.82) is 5.26 Å². The molecule has 0 radical (unpaired) electrons. The second-order valence-corrected chi connectivity index (χ2v) is 6.91. The van der Waals surface area contributed by atoms with Crippen LogP contribution < -0.4 is 14.9 Å². The number of methoxy groups -OCH3 is 1. The molecule has 0 bridgehead atoms. The molecule has 0 atom stereocenters. The summed E-state index contributed by atoms with van der Waals surface area (Å²) < 4.78 is 16.5. The molecule has 0 unspecified atom stereocenters. The summed E-state index contributed by atoms with van der Waals surface area (Å²) in [5, 5.41) is 24.5. The number of pyridine rings is 2. The van der Waals surface area contributed by atoms with Gasteiger partial charge in [-0.2, -0.15) is 10.4 Å². The number of aryl methyl sites for hydroxylation is 1. The number of rotatable bonds is 10. The highest BCUT2D eigenvalue weighted by molar-refractivity contribution is 5.81. The van der Waals surface area contributed by atoms with Crippen molar-refractivity contribution < 1.29 is 19.1 Å². The number of ether oxygens (including phenoxy) is 3. The highest BCUT2D eigenvalue weighted by atomic mass is 16.6. The van der Waals surface area contributed by atoms with Crippen LogP contribution in [-0.4, -0.2) is 34.8 Å². The van der Waals surface area contributed by atoms with Crippen molar-refractivity contribution in [2.45, 2.75) is 20.5 Å². The Hall–Kier alpha value is -4.56. The Morgan fingerprint density at radius 3 is 2.74 bits per heavy atom. The minimum atomic E-state index is -0.533. The fourth-order valence-electron chi connectivity index (χ4n) is 2.99. The molecular weight excluding hydrogens is 440 g/mol. The Morgan fingerprint density at radius 1 is 1.26 bits per heavy atom. The molecule has 3 aromatic rings. The Labute approximate surface area is 195 Å². The Balaban J connectivity index is 1.79. The first-order chi connectivity index (χ1) is 16.4. The molecular formula is C23H22N6O5. The number of hydrogen-bond donors (Lipinski definition) is 1. The summed E-state index contributed by atoms with van der Waals surface area (Å²) in [6.45, 7) is 4.33. The number of hydrogen-bond acceptors (Lipinski definition) is 10. The quantitative estimate of drug-likeness (QED) is 0.264. The summed E-state index contributed by atoms with van der Waals surface area (Å²) in [6, 6.07) is 11.8. The molecule has 0 amide bonds. The maximum absolute atomic E-state index is 10.8. The van der Waals surface area contributed by atoms with Crippen LogP contribution in [0.5, 0.6) is 17.4 Å². The van der Waals surface area contributed by atoms with Crippen LogP contribution in [-0.2, 0) is 11.3 Å². The molecule has 11 nitrogen and oxygen atoms in total. The van der Waals surface area contributed by atoms with Gasteiger partial charge in [0.2, 0.25) is 5.88 Å². The second-order valence-electron chi connectivity index (χ2n) is 6.91. The third-order valence-corrected chi connectivity index (χ3v) is 4.44. The molecule has 34 heavy (non-hydrogen) atoms. The lowest BCUT2D eigenvalue weighted by Gasteiger charge is -2.12. The summed E-state index contributed by atoms with van der Waals surface area (Å²) in [5.74, 6) is 1.36. The van der Waals surface area contributed by atoms with Gasteiger partial charge in [-0.1, -0.05) is 0 Å². The predicted octanol–water partition coefficient (Wildman–Crippen LogP) is 4.35. The fraction of sp³-hybridized carbons (Fsp3) is 0.217. The first kappa shape index (κ1) is 24.1. The number of nitro groups is 1. The van der Waals surface area contributed by atoms with Crippen molar-refractivity contribution in [3.63, 3.8) is 0 Å². The van der Waals surface area contributed by atoms with Crippen molar-refractivity contribution in [2.75, 3.05) is 19.1 Å². The van der Waals surface area contributed by atoms with Gasteiger partial charge in [0.25, 0.3) is 5.69 Å². The van der Waals surface area contributed by atoms with E-state index in [0.29, 0.717) is 35.1 Å². The van der Waals surface area contributed by atoms with Crippen LogP contribution in [0.15, 0.2) is 47.7 Å². The zero-order chi connectivity index (χ0) is 24.5. The highest BCUT2D eigenvalue weighted by Gasteiger charge is 2.12. The second kappa shape index (κ2) is 11.3. The molecule has 174 valence electrons. The van der Waals surface area contributed by atoms with E-state index in [0.717, 1.165) is 17.5 Å². The molecule has 0 aliphatic heterocycles. The Kier molecular flexibility index (Phi) is 8.04. The van der Waals surface area contributed by atoms with Crippen LogP contribution in [0.25, 0.3) is 0 Å². The number of hydrazone groups is 1. The maximum Gasteiger partial charge on any atom is 0.287 e. The van der Waals surface area contributed by atoms with Crippen LogP contribution in [0, 0.1) is 28.4 Å². The number of nitrogens with zero attached hydrogens (tertiary/aromatic N) is 5. The zero-order valence-electron chi connectivity index (χ0n) is 18.8. The van der Waals surface area contributed by atoms with Gasteiger partial charge in [-0.05, 0) is 43.7 Å². The summed E-state index contributed by atoms with van der Waals surface area (Å²) in [6.07, 6.45) is 2.67. The van der Waals surface area contributed by atoms with E-state index in [1.165, 1.54) is 12.1 Å². The molecule has 11 heteroatoms. The maximum atomic E-state index is 10.8. The number of aromatic nitrogens is 2. The van der Waals surface area contributed by atoms with Gasteiger partial charge in [-0.25, -0.2) is 9.97 Å². The van der Waals surface area contributed by atoms with Gasteiger partial charge >= 0.3 is 0 Å². The van der Waals surface area contributed by atoms with E-state index in [1.807, 2.05) is 13.8 Å². The largest absolute Gasteiger partial charge is 0.490 e. The average Bonchev–Trinajstić information content (AvgIpc) is 2.81. The summed E-state index contributed by atoms with van der Waals surface area (Å²) in [5.41, 5.74) is 5.19. The predicted molar refractivity (Wildman–Crippen MR) is 124 cm³/mol.